The first kappa shape index (κ1) is 15.8. The SMILES string of the molecule is O=C(Nc1ccc(OCCO)cc1)c1cccc(-n2cccn2)c1. The number of aliphatic hydroxyl groups is 1. The highest BCUT2D eigenvalue weighted by Crippen LogP contribution is 2.17. The van der Waals surface area contributed by atoms with Gasteiger partial charge in [0.05, 0.1) is 12.3 Å². The van der Waals surface area contributed by atoms with Gasteiger partial charge in [0.2, 0.25) is 0 Å². The van der Waals surface area contributed by atoms with Gasteiger partial charge >= 0.3 is 0 Å². The third-order valence-corrected chi connectivity index (χ3v) is 3.35. The number of hydrogen-bond acceptors (Lipinski definition) is 4. The van der Waals surface area contributed by atoms with Crippen molar-refractivity contribution in [3.8, 4) is 11.4 Å². The molecule has 2 aromatic carbocycles. The van der Waals surface area contributed by atoms with E-state index in [1.165, 1.54) is 0 Å². The standard InChI is InChI=1S/C18H17N3O3/c22-11-12-24-17-7-5-15(6-8-17)20-18(23)14-3-1-4-16(13-14)21-10-2-9-19-21/h1-10,13,22H,11-12H2,(H,20,23). The largest absolute Gasteiger partial charge is 0.491 e. The zero-order chi connectivity index (χ0) is 16.8. The number of nitrogens with one attached hydrogen (secondary N) is 1. The van der Waals surface area contributed by atoms with Crippen LogP contribution in [0, 0.1) is 0 Å². The monoisotopic (exact) mass is 323 g/mol. The van der Waals surface area contributed by atoms with Gasteiger partial charge in [-0.25, -0.2) is 4.68 Å². The molecule has 0 saturated carbocycles. The number of nitrogens with zero attached hydrogens (tertiary/aromatic N) is 2. The van der Waals surface area contributed by atoms with Crippen LogP contribution in [-0.4, -0.2) is 34.0 Å². The van der Waals surface area contributed by atoms with Crippen molar-refractivity contribution in [2.24, 2.45) is 0 Å². The maximum atomic E-state index is 12.4. The quantitative estimate of drug-likeness (QED) is 0.731. The fourth-order valence-electron chi connectivity index (χ4n) is 2.21. The Morgan fingerprint density at radius 1 is 1.17 bits per heavy atom. The van der Waals surface area contributed by atoms with Crippen LogP contribution in [0.4, 0.5) is 5.69 Å². The molecule has 122 valence electrons. The van der Waals surface area contributed by atoms with E-state index in [9.17, 15) is 4.79 Å². The summed E-state index contributed by atoms with van der Waals surface area (Å²) in [7, 11) is 0. The van der Waals surface area contributed by atoms with Gasteiger partial charge in [-0.15, -0.1) is 0 Å². The van der Waals surface area contributed by atoms with Crippen LogP contribution in [0.1, 0.15) is 10.4 Å². The van der Waals surface area contributed by atoms with Crippen LogP contribution in [0.5, 0.6) is 5.75 Å². The predicted molar refractivity (Wildman–Crippen MR) is 90.5 cm³/mol. The highest BCUT2D eigenvalue weighted by atomic mass is 16.5. The molecule has 0 unspecified atom stereocenters. The minimum Gasteiger partial charge on any atom is -0.491 e. The molecule has 24 heavy (non-hydrogen) atoms. The van der Waals surface area contributed by atoms with Gasteiger partial charge in [-0.1, -0.05) is 6.07 Å². The lowest BCUT2D eigenvalue weighted by Gasteiger charge is -2.09. The second kappa shape index (κ2) is 7.43. The van der Waals surface area contributed by atoms with Crippen LogP contribution in [0.25, 0.3) is 5.69 Å². The molecule has 1 heterocycles. The van der Waals surface area contributed by atoms with Gasteiger partial charge in [-0.3, -0.25) is 4.79 Å². The zero-order valence-corrected chi connectivity index (χ0v) is 12.9. The van der Waals surface area contributed by atoms with E-state index < -0.39 is 0 Å². The van der Waals surface area contributed by atoms with Crippen molar-refractivity contribution in [1.82, 2.24) is 9.78 Å². The smallest absolute Gasteiger partial charge is 0.255 e. The number of anilines is 1. The number of amides is 1. The molecule has 0 aliphatic rings. The molecule has 0 atom stereocenters. The van der Waals surface area contributed by atoms with Gasteiger partial charge < -0.3 is 15.2 Å². The van der Waals surface area contributed by atoms with E-state index in [0.717, 1.165) is 5.69 Å². The Balaban J connectivity index is 1.70. The van der Waals surface area contributed by atoms with Gasteiger partial charge in [0, 0.05) is 23.6 Å². The summed E-state index contributed by atoms with van der Waals surface area (Å²) in [5.74, 6) is 0.441. The van der Waals surface area contributed by atoms with Crippen LogP contribution >= 0.6 is 0 Å². The molecular formula is C18H17N3O3. The molecule has 1 amide bonds. The second-order valence-electron chi connectivity index (χ2n) is 5.05. The van der Waals surface area contributed by atoms with Crippen LogP contribution in [0.3, 0.4) is 0 Å². The molecule has 0 aliphatic carbocycles. The molecule has 6 nitrogen and oxygen atoms in total. The highest BCUT2D eigenvalue weighted by molar-refractivity contribution is 6.04. The number of ether oxygens (including phenoxy) is 1. The molecule has 0 aliphatic heterocycles. The van der Waals surface area contributed by atoms with Gasteiger partial charge in [-0.2, -0.15) is 5.10 Å². The number of aliphatic hydroxyl groups excluding tert-OH is 1. The van der Waals surface area contributed by atoms with E-state index in [0.29, 0.717) is 17.0 Å². The van der Waals surface area contributed by atoms with Gasteiger partial charge in [0.1, 0.15) is 12.4 Å². The number of hydrogen-bond donors (Lipinski definition) is 2. The van der Waals surface area contributed by atoms with E-state index in [1.807, 2.05) is 24.4 Å². The van der Waals surface area contributed by atoms with E-state index in [4.69, 9.17) is 9.84 Å². The Kier molecular flexibility index (Phi) is 4.88. The Morgan fingerprint density at radius 2 is 2.00 bits per heavy atom. The summed E-state index contributed by atoms with van der Waals surface area (Å²) in [4.78, 5) is 12.4. The molecule has 0 radical (unpaired) electrons. The fourth-order valence-corrected chi connectivity index (χ4v) is 2.21. The Hall–Kier alpha value is -3.12. The minimum atomic E-state index is -0.201. The number of benzene rings is 2. The summed E-state index contributed by atoms with van der Waals surface area (Å²) in [6, 6.07) is 16.0. The number of carbonyl (C=O) groups is 1. The second-order valence-corrected chi connectivity index (χ2v) is 5.05. The summed E-state index contributed by atoms with van der Waals surface area (Å²) in [6.45, 7) is 0.205. The fraction of sp³-hybridized carbons (Fsp3) is 0.111. The van der Waals surface area contributed by atoms with Crippen molar-refractivity contribution in [1.29, 1.82) is 0 Å². The first-order valence-corrected chi connectivity index (χ1v) is 7.51. The van der Waals surface area contributed by atoms with Gasteiger partial charge in [-0.05, 0) is 48.5 Å². The molecule has 0 fully saturated rings. The Morgan fingerprint density at radius 3 is 2.71 bits per heavy atom. The van der Waals surface area contributed by atoms with Crippen LogP contribution in [-0.2, 0) is 0 Å². The van der Waals surface area contributed by atoms with Crippen LogP contribution < -0.4 is 10.1 Å². The number of aromatic nitrogens is 2. The minimum absolute atomic E-state index is 0.0366. The maximum absolute atomic E-state index is 12.4. The molecule has 0 bridgehead atoms. The van der Waals surface area contributed by atoms with E-state index in [1.54, 1.807) is 47.3 Å². The summed E-state index contributed by atoms with van der Waals surface area (Å²) in [5, 5.41) is 15.7. The lowest BCUT2D eigenvalue weighted by Crippen LogP contribution is -2.12. The molecule has 3 aromatic rings. The lowest BCUT2D eigenvalue weighted by molar-refractivity contribution is 0.102. The third kappa shape index (κ3) is 3.80. The summed E-state index contributed by atoms with van der Waals surface area (Å²) in [5.41, 5.74) is 2.03. The number of rotatable bonds is 6. The van der Waals surface area contributed by atoms with Crippen molar-refractivity contribution in [2.45, 2.75) is 0 Å². The molecule has 0 saturated heterocycles. The molecule has 2 N–H and O–H groups in total. The average molecular weight is 323 g/mol. The summed E-state index contributed by atoms with van der Waals surface area (Å²) >= 11 is 0. The van der Waals surface area contributed by atoms with Crippen LogP contribution in [0.2, 0.25) is 0 Å². The van der Waals surface area contributed by atoms with E-state index in [-0.39, 0.29) is 19.1 Å². The van der Waals surface area contributed by atoms with Crippen molar-refractivity contribution in [2.75, 3.05) is 18.5 Å². The predicted octanol–water partition coefficient (Wildman–Crippen LogP) is 2.50. The van der Waals surface area contributed by atoms with E-state index in [2.05, 4.69) is 10.4 Å². The van der Waals surface area contributed by atoms with Gasteiger partial charge in [0.15, 0.2) is 0 Å². The highest BCUT2D eigenvalue weighted by Gasteiger charge is 2.08. The third-order valence-electron chi connectivity index (χ3n) is 3.35. The Bertz CT molecular complexity index is 799. The first-order chi connectivity index (χ1) is 11.8. The molecule has 3 rings (SSSR count). The van der Waals surface area contributed by atoms with Crippen molar-refractivity contribution < 1.29 is 14.6 Å². The van der Waals surface area contributed by atoms with Crippen molar-refractivity contribution in [3.05, 3.63) is 72.6 Å². The molecule has 1 aromatic heterocycles. The van der Waals surface area contributed by atoms with E-state index >= 15 is 0 Å². The molecular weight excluding hydrogens is 306 g/mol. The van der Waals surface area contributed by atoms with Crippen molar-refractivity contribution in [3.63, 3.8) is 0 Å². The van der Waals surface area contributed by atoms with Crippen LogP contribution in [0.15, 0.2) is 67.0 Å². The number of carbonyl (C=O) groups excluding carboxylic acids is 1. The first-order valence-electron chi connectivity index (χ1n) is 7.51. The lowest BCUT2D eigenvalue weighted by atomic mass is 10.2. The topological polar surface area (TPSA) is 76.4 Å². The normalized spacial score (nSPS) is 10.4. The van der Waals surface area contributed by atoms with Crippen molar-refractivity contribution >= 4 is 11.6 Å². The molecule has 6 heteroatoms. The molecule has 0 spiro atoms. The van der Waals surface area contributed by atoms with Gasteiger partial charge in [0.25, 0.3) is 5.91 Å². The average Bonchev–Trinajstić information content (AvgIpc) is 3.16. The summed E-state index contributed by atoms with van der Waals surface area (Å²) in [6.07, 6.45) is 3.51. The summed E-state index contributed by atoms with van der Waals surface area (Å²) < 4.78 is 6.98. The Labute approximate surface area is 139 Å². The maximum Gasteiger partial charge on any atom is 0.255 e. The zero-order valence-electron chi connectivity index (χ0n) is 12.9.